The Bertz CT molecular complexity index is 596. The third-order valence-electron chi connectivity index (χ3n) is 3.35. The third kappa shape index (κ3) is 3.04. The molecule has 0 bridgehead atoms. The molecule has 0 atom stereocenters. The van der Waals surface area contributed by atoms with Gasteiger partial charge < -0.3 is 0 Å². The van der Waals surface area contributed by atoms with Gasteiger partial charge in [0, 0.05) is 26.1 Å². The van der Waals surface area contributed by atoms with E-state index in [4.69, 9.17) is 0 Å². The lowest BCUT2D eigenvalue weighted by Gasteiger charge is -2.15. The number of hydrogen-bond donors (Lipinski definition) is 1. The van der Waals surface area contributed by atoms with Gasteiger partial charge in [-0.15, -0.1) is 34.0 Å². The van der Waals surface area contributed by atoms with E-state index in [-0.39, 0.29) is 0 Å². The van der Waals surface area contributed by atoms with E-state index in [2.05, 4.69) is 60.3 Å². The molecule has 0 aromatic carbocycles. The highest BCUT2D eigenvalue weighted by atomic mass is 32.1. The predicted molar refractivity (Wildman–Crippen MR) is 91.1 cm³/mol. The van der Waals surface area contributed by atoms with E-state index in [1.165, 1.54) is 25.1 Å². The minimum absolute atomic E-state index is 0.317. The molecule has 0 fully saturated rings. The molecule has 104 valence electrons. The van der Waals surface area contributed by atoms with Crippen molar-refractivity contribution < 1.29 is 0 Å². The summed E-state index contributed by atoms with van der Waals surface area (Å²) in [6.45, 7) is 5.31. The molecule has 0 amide bonds. The molecule has 3 heterocycles. The lowest BCUT2D eigenvalue weighted by atomic mass is 10.2. The van der Waals surface area contributed by atoms with Crippen molar-refractivity contribution >= 4 is 34.0 Å². The minimum atomic E-state index is 0.317. The molecular weight excluding hydrogens is 302 g/mol. The molecule has 4 heteroatoms. The highest BCUT2D eigenvalue weighted by Crippen LogP contribution is 2.30. The molecule has 1 N–H and O–H groups in total. The van der Waals surface area contributed by atoms with Crippen LogP contribution in [0.3, 0.4) is 0 Å². The van der Waals surface area contributed by atoms with Gasteiger partial charge in [0.25, 0.3) is 0 Å². The Morgan fingerprint density at radius 2 is 1.70 bits per heavy atom. The molecule has 3 aromatic heterocycles. The van der Waals surface area contributed by atoms with Crippen molar-refractivity contribution in [2.75, 3.05) is 0 Å². The largest absolute Gasteiger partial charge is 0.300 e. The molecule has 0 radical (unpaired) electrons. The maximum Gasteiger partial charge on any atom is 0.0767 e. The van der Waals surface area contributed by atoms with E-state index in [1.807, 2.05) is 34.0 Å². The quantitative estimate of drug-likeness (QED) is 0.667. The molecule has 3 aromatic rings. The number of thiophene rings is 3. The molecule has 0 aliphatic carbocycles. The van der Waals surface area contributed by atoms with Crippen LogP contribution in [0.5, 0.6) is 0 Å². The van der Waals surface area contributed by atoms with Crippen LogP contribution in [0.25, 0.3) is 0 Å². The molecule has 0 unspecified atom stereocenters. The van der Waals surface area contributed by atoms with Gasteiger partial charge in [0.15, 0.2) is 0 Å². The van der Waals surface area contributed by atoms with Gasteiger partial charge in [-0.1, -0.05) is 12.1 Å². The smallest absolute Gasteiger partial charge is 0.0767 e. The number of rotatable bonds is 5. The first-order chi connectivity index (χ1) is 9.74. The summed E-state index contributed by atoms with van der Waals surface area (Å²) >= 11 is 5.54. The van der Waals surface area contributed by atoms with Gasteiger partial charge in [-0.25, -0.2) is 0 Å². The Balaban J connectivity index is 1.77. The Hall–Kier alpha value is -0.940. The summed E-state index contributed by atoms with van der Waals surface area (Å²) in [6.07, 6.45) is 0. The highest BCUT2D eigenvalue weighted by molar-refractivity contribution is 7.12. The second kappa shape index (κ2) is 6.22. The lowest BCUT2D eigenvalue weighted by molar-refractivity contribution is 0.626. The van der Waals surface area contributed by atoms with Gasteiger partial charge >= 0.3 is 0 Å². The summed E-state index contributed by atoms with van der Waals surface area (Å²) in [4.78, 5) is 5.61. The fourth-order valence-electron chi connectivity index (χ4n) is 2.19. The van der Waals surface area contributed by atoms with E-state index in [0.717, 1.165) is 6.54 Å². The third-order valence-corrected chi connectivity index (χ3v) is 6.38. The van der Waals surface area contributed by atoms with Crippen LogP contribution < -0.4 is 5.32 Å². The maximum atomic E-state index is 3.71. The van der Waals surface area contributed by atoms with Crippen LogP contribution in [0.15, 0.2) is 41.1 Å². The highest BCUT2D eigenvalue weighted by Gasteiger charge is 2.16. The Morgan fingerprint density at radius 1 is 1.05 bits per heavy atom. The van der Waals surface area contributed by atoms with Crippen LogP contribution in [0.4, 0.5) is 0 Å². The first kappa shape index (κ1) is 14.0. The monoisotopic (exact) mass is 319 g/mol. The van der Waals surface area contributed by atoms with Crippen molar-refractivity contribution in [2.45, 2.75) is 26.4 Å². The summed E-state index contributed by atoms with van der Waals surface area (Å²) in [5, 5.41) is 8.01. The number of hydrogen-bond acceptors (Lipinski definition) is 4. The summed E-state index contributed by atoms with van der Waals surface area (Å²) in [5.74, 6) is 0. The second-order valence-corrected chi connectivity index (χ2v) is 8.10. The Kier molecular flexibility index (Phi) is 4.36. The van der Waals surface area contributed by atoms with Gasteiger partial charge in [0.2, 0.25) is 0 Å². The fourth-order valence-corrected chi connectivity index (χ4v) is 4.91. The standard InChI is InChI=1S/C16H17NS3/c1-11-9-13(20-12(11)2)10-17-16(14-5-3-7-18-14)15-6-4-8-19-15/h3-9,16-17H,10H2,1-2H3. The Labute approximate surface area is 131 Å². The molecule has 20 heavy (non-hydrogen) atoms. The first-order valence-corrected chi connectivity index (χ1v) is 9.17. The zero-order chi connectivity index (χ0) is 13.9. The summed E-state index contributed by atoms with van der Waals surface area (Å²) in [5.41, 5.74) is 1.40. The van der Waals surface area contributed by atoms with Crippen LogP contribution in [-0.4, -0.2) is 0 Å². The van der Waals surface area contributed by atoms with Gasteiger partial charge in [0.1, 0.15) is 0 Å². The molecule has 3 rings (SSSR count). The van der Waals surface area contributed by atoms with E-state index in [1.54, 1.807) is 0 Å². The number of aryl methyl sites for hydroxylation is 2. The summed E-state index contributed by atoms with van der Waals surface area (Å²) in [7, 11) is 0. The SMILES string of the molecule is Cc1cc(CNC(c2cccs2)c2cccs2)sc1C. The van der Waals surface area contributed by atoms with Crippen LogP contribution in [-0.2, 0) is 6.54 Å². The van der Waals surface area contributed by atoms with Gasteiger partial charge in [-0.2, -0.15) is 0 Å². The molecule has 0 spiro atoms. The Morgan fingerprint density at radius 3 is 2.15 bits per heavy atom. The van der Waals surface area contributed by atoms with Crippen molar-refractivity contribution in [3.63, 3.8) is 0 Å². The van der Waals surface area contributed by atoms with Crippen LogP contribution in [0.1, 0.15) is 31.1 Å². The van der Waals surface area contributed by atoms with Crippen molar-refractivity contribution in [1.29, 1.82) is 0 Å². The zero-order valence-corrected chi connectivity index (χ0v) is 14.0. The van der Waals surface area contributed by atoms with Crippen molar-refractivity contribution in [1.82, 2.24) is 5.32 Å². The first-order valence-electron chi connectivity index (χ1n) is 6.60. The van der Waals surface area contributed by atoms with E-state index in [0.29, 0.717) is 6.04 Å². The van der Waals surface area contributed by atoms with Crippen LogP contribution >= 0.6 is 34.0 Å². The zero-order valence-electron chi connectivity index (χ0n) is 11.6. The normalized spacial score (nSPS) is 11.3. The lowest BCUT2D eigenvalue weighted by Crippen LogP contribution is -2.19. The molecule has 0 saturated heterocycles. The molecule has 0 aliphatic heterocycles. The summed E-state index contributed by atoms with van der Waals surface area (Å²) in [6, 6.07) is 11.3. The maximum absolute atomic E-state index is 3.71. The molecule has 0 aliphatic rings. The van der Waals surface area contributed by atoms with E-state index < -0.39 is 0 Å². The molecular formula is C16H17NS3. The van der Waals surface area contributed by atoms with E-state index >= 15 is 0 Å². The summed E-state index contributed by atoms with van der Waals surface area (Å²) < 4.78 is 0. The van der Waals surface area contributed by atoms with Crippen LogP contribution in [0.2, 0.25) is 0 Å². The van der Waals surface area contributed by atoms with Crippen molar-refractivity contribution in [3.05, 3.63) is 66.2 Å². The fraction of sp³-hybridized carbons (Fsp3) is 0.250. The topological polar surface area (TPSA) is 12.0 Å². The van der Waals surface area contributed by atoms with Gasteiger partial charge in [-0.3, -0.25) is 5.32 Å². The average molecular weight is 320 g/mol. The van der Waals surface area contributed by atoms with Crippen molar-refractivity contribution in [3.8, 4) is 0 Å². The molecule has 0 saturated carbocycles. The molecule has 1 nitrogen and oxygen atoms in total. The second-order valence-electron chi connectivity index (χ2n) is 4.80. The van der Waals surface area contributed by atoms with Gasteiger partial charge in [-0.05, 0) is 48.4 Å². The van der Waals surface area contributed by atoms with Crippen molar-refractivity contribution in [2.24, 2.45) is 0 Å². The minimum Gasteiger partial charge on any atom is -0.300 e. The van der Waals surface area contributed by atoms with Gasteiger partial charge in [0.05, 0.1) is 6.04 Å². The number of nitrogens with one attached hydrogen (secondary N) is 1. The van der Waals surface area contributed by atoms with Crippen LogP contribution in [0, 0.1) is 13.8 Å². The average Bonchev–Trinajstić information content (AvgIpc) is 3.15. The predicted octanol–water partition coefficient (Wildman–Crippen LogP) is 5.37. The van der Waals surface area contributed by atoms with E-state index in [9.17, 15) is 0 Å².